The van der Waals surface area contributed by atoms with Crippen LogP contribution in [-0.4, -0.2) is 42.2 Å². The van der Waals surface area contributed by atoms with Crippen LogP contribution in [0, 0.1) is 0 Å². The molecule has 0 heterocycles. The molecule has 1 rings (SSSR count). The predicted octanol–water partition coefficient (Wildman–Crippen LogP) is 5.99. The number of aromatic hydroxyl groups is 1. The van der Waals surface area contributed by atoms with Crippen molar-refractivity contribution in [1.29, 1.82) is 0 Å². The molecular weight excluding hydrogens is 366 g/mol. The Morgan fingerprint density at radius 2 is 1.82 bits per heavy atom. The predicted molar refractivity (Wildman–Crippen MR) is 122 cm³/mol. The van der Waals surface area contributed by atoms with Crippen molar-refractivity contribution >= 4 is 19.7 Å². The number of hydrogen-bond acceptors (Lipinski definition) is 3. The van der Waals surface area contributed by atoms with Gasteiger partial charge >= 0.3 is 5.97 Å². The Morgan fingerprint density at radius 1 is 1.11 bits per heavy atom. The summed E-state index contributed by atoms with van der Waals surface area (Å²) < 4.78 is 0. The zero-order chi connectivity index (χ0) is 21.2. The van der Waals surface area contributed by atoms with E-state index < -0.39 is 14.0 Å². The van der Waals surface area contributed by atoms with Gasteiger partial charge < -0.3 is 15.1 Å². The average Bonchev–Trinajstić information content (AvgIpc) is 2.61. The molecule has 2 N–H and O–H groups in total. The molecule has 0 amide bonds. The largest absolute Gasteiger partial charge is 0.507 e. The first kappa shape index (κ1) is 24.3. The van der Waals surface area contributed by atoms with Crippen molar-refractivity contribution in [3.8, 4) is 5.75 Å². The third-order valence-corrected chi connectivity index (χ3v) is 6.89. The Labute approximate surface area is 172 Å². The van der Waals surface area contributed by atoms with E-state index in [4.69, 9.17) is 0 Å². The van der Waals surface area contributed by atoms with Crippen molar-refractivity contribution in [1.82, 2.24) is 4.90 Å². The van der Waals surface area contributed by atoms with Crippen molar-refractivity contribution < 1.29 is 15.0 Å². The minimum atomic E-state index is -1.11. The molecule has 0 fully saturated rings. The fourth-order valence-corrected chi connectivity index (χ4v) is 4.68. The molecule has 0 atom stereocenters. The Hall–Kier alpha value is -1.75. The second-order valence-corrected chi connectivity index (χ2v) is 14.4. The number of carbonyl (C=O) groups is 1. The van der Waals surface area contributed by atoms with Gasteiger partial charge in [0.1, 0.15) is 5.75 Å². The molecule has 0 aliphatic carbocycles. The summed E-state index contributed by atoms with van der Waals surface area (Å²) in [6, 6.07) is 6.94. The molecule has 0 unspecified atom stereocenters. The molecule has 1 aromatic rings. The normalized spacial score (nSPS) is 12.2. The lowest BCUT2D eigenvalue weighted by molar-refractivity contribution is -0.131. The van der Waals surface area contributed by atoms with Gasteiger partial charge in [-0.15, -0.1) is 0 Å². The number of phenols is 1. The van der Waals surface area contributed by atoms with Crippen LogP contribution < -0.4 is 0 Å². The zero-order valence-corrected chi connectivity index (χ0v) is 19.4. The van der Waals surface area contributed by atoms with Crippen molar-refractivity contribution in [3.63, 3.8) is 0 Å². The number of hydrogen-bond donors (Lipinski definition) is 2. The minimum absolute atomic E-state index is 0.234. The molecule has 0 bridgehead atoms. The molecule has 158 valence electrons. The standard InChI is InChI=1S/C23H39NO3Si/c1-6-8-9-10-16-24(7-2)21(18-22(25)26)20-15-11-13-19(23(20)27)14-12-17-28(3,4)5/h11,13,15,18,27H,6-10,12,14,16-17H2,1-5H3,(H,25,26)/b21-18-. The number of para-hydroxylation sites is 1. The van der Waals surface area contributed by atoms with E-state index in [9.17, 15) is 15.0 Å². The van der Waals surface area contributed by atoms with Crippen LogP contribution >= 0.6 is 0 Å². The van der Waals surface area contributed by atoms with Crippen LogP contribution in [0.4, 0.5) is 0 Å². The molecule has 0 radical (unpaired) electrons. The highest BCUT2D eigenvalue weighted by molar-refractivity contribution is 6.76. The van der Waals surface area contributed by atoms with Crippen LogP contribution in [0.15, 0.2) is 24.3 Å². The summed E-state index contributed by atoms with van der Waals surface area (Å²) in [6.45, 7) is 12.8. The van der Waals surface area contributed by atoms with Crippen LogP contribution in [-0.2, 0) is 11.2 Å². The molecule has 0 aliphatic heterocycles. The van der Waals surface area contributed by atoms with Crippen molar-refractivity contribution in [3.05, 3.63) is 35.4 Å². The summed E-state index contributed by atoms with van der Waals surface area (Å²) in [5.41, 5.74) is 2.15. The topological polar surface area (TPSA) is 60.8 Å². The number of aliphatic carboxylic acids is 1. The monoisotopic (exact) mass is 405 g/mol. The van der Waals surface area contributed by atoms with Crippen molar-refractivity contribution in [2.75, 3.05) is 13.1 Å². The molecule has 0 spiro atoms. The molecule has 5 heteroatoms. The highest BCUT2D eigenvalue weighted by Crippen LogP contribution is 2.32. The van der Waals surface area contributed by atoms with E-state index in [0.717, 1.165) is 37.8 Å². The van der Waals surface area contributed by atoms with Crippen LogP contribution in [0.1, 0.15) is 57.1 Å². The van der Waals surface area contributed by atoms with Crippen LogP contribution in [0.5, 0.6) is 5.75 Å². The highest BCUT2D eigenvalue weighted by Gasteiger charge is 2.18. The van der Waals surface area contributed by atoms with Gasteiger partial charge in [-0.1, -0.05) is 70.4 Å². The second kappa shape index (κ2) is 11.9. The first-order valence-electron chi connectivity index (χ1n) is 10.7. The SMILES string of the molecule is CCCCCCN(CC)/C(=C\C(=O)O)c1cccc(CCC[Si](C)(C)C)c1O. The van der Waals surface area contributed by atoms with E-state index in [1.54, 1.807) is 0 Å². The van der Waals surface area contributed by atoms with Gasteiger partial charge in [-0.05, 0) is 31.4 Å². The lowest BCUT2D eigenvalue weighted by Gasteiger charge is -2.27. The van der Waals surface area contributed by atoms with Gasteiger partial charge in [-0.2, -0.15) is 0 Å². The molecular formula is C23H39NO3Si. The van der Waals surface area contributed by atoms with Gasteiger partial charge in [0.2, 0.25) is 0 Å². The third kappa shape index (κ3) is 8.51. The Bertz CT molecular complexity index is 650. The van der Waals surface area contributed by atoms with Gasteiger partial charge in [0.05, 0.1) is 5.70 Å². The molecule has 0 aromatic heterocycles. The summed E-state index contributed by atoms with van der Waals surface area (Å²) in [5.74, 6) is -0.747. The fourth-order valence-electron chi connectivity index (χ4n) is 3.44. The summed E-state index contributed by atoms with van der Waals surface area (Å²) in [4.78, 5) is 13.6. The van der Waals surface area contributed by atoms with Gasteiger partial charge in [0, 0.05) is 32.8 Å². The van der Waals surface area contributed by atoms with Crippen LogP contribution in [0.2, 0.25) is 25.7 Å². The quantitative estimate of drug-likeness (QED) is 0.240. The minimum Gasteiger partial charge on any atom is -0.507 e. The maximum Gasteiger partial charge on any atom is 0.330 e. The molecule has 4 nitrogen and oxygen atoms in total. The second-order valence-electron chi connectivity index (χ2n) is 8.74. The van der Waals surface area contributed by atoms with Gasteiger partial charge in [0.25, 0.3) is 0 Å². The van der Waals surface area contributed by atoms with Crippen molar-refractivity contribution in [2.45, 2.75) is 78.1 Å². The number of benzene rings is 1. The van der Waals surface area contributed by atoms with E-state index in [0.29, 0.717) is 17.8 Å². The maximum atomic E-state index is 11.5. The first-order chi connectivity index (χ1) is 13.2. The summed E-state index contributed by atoms with van der Waals surface area (Å²) in [5, 5.41) is 20.3. The summed E-state index contributed by atoms with van der Waals surface area (Å²) in [6.07, 6.45) is 7.64. The van der Waals surface area contributed by atoms with E-state index in [1.165, 1.54) is 25.0 Å². The summed E-state index contributed by atoms with van der Waals surface area (Å²) >= 11 is 0. The van der Waals surface area contributed by atoms with E-state index in [1.807, 2.05) is 25.1 Å². The molecule has 0 aliphatic rings. The van der Waals surface area contributed by atoms with Crippen LogP contribution in [0.3, 0.4) is 0 Å². The number of carboxylic acids is 1. The Balaban J connectivity index is 3.07. The van der Waals surface area contributed by atoms with Crippen molar-refractivity contribution in [2.24, 2.45) is 0 Å². The lowest BCUT2D eigenvalue weighted by atomic mass is 10.0. The number of carboxylic acid groups (broad SMARTS) is 1. The lowest BCUT2D eigenvalue weighted by Crippen LogP contribution is -2.24. The number of phenolic OH excluding ortho intramolecular Hbond substituents is 1. The van der Waals surface area contributed by atoms with Gasteiger partial charge in [-0.25, -0.2) is 4.79 Å². The van der Waals surface area contributed by atoms with Crippen LogP contribution in [0.25, 0.3) is 5.70 Å². The van der Waals surface area contributed by atoms with E-state index in [-0.39, 0.29) is 5.75 Å². The number of unbranched alkanes of at least 4 members (excludes halogenated alkanes) is 3. The fraction of sp³-hybridized carbons (Fsp3) is 0.609. The van der Waals surface area contributed by atoms with Gasteiger partial charge in [-0.3, -0.25) is 0 Å². The number of nitrogens with zero attached hydrogens (tertiary/aromatic N) is 1. The number of rotatable bonds is 13. The van der Waals surface area contributed by atoms with E-state index >= 15 is 0 Å². The number of aryl methyl sites for hydroxylation is 1. The Kier molecular flexibility index (Phi) is 10.4. The first-order valence-corrected chi connectivity index (χ1v) is 14.4. The summed E-state index contributed by atoms with van der Waals surface area (Å²) in [7, 11) is -1.11. The smallest absolute Gasteiger partial charge is 0.330 e. The molecule has 28 heavy (non-hydrogen) atoms. The average molecular weight is 406 g/mol. The maximum absolute atomic E-state index is 11.5. The molecule has 0 saturated carbocycles. The molecule has 1 aromatic carbocycles. The van der Waals surface area contributed by atoms with Gasteiger partial charge in [0.15, 0.2) is 0 Å². The highest BCUT2D eigenvalue weighted by atomic mass is 28.3. The van der Waals surface area contributed by atoms with E-state index in [2.05, 4.69) is 31.5 Å². The zero-order valence-electron chi connectivity index (χ0n) is 18.4. The molecule has 0 saturated heterocycles. The Morgan fingerprint density at radius 3 is 2.39 bits per heavy atom. The third-order valence-electron chi connectivity index (χ3n) is 5.03.